The van der Waals surface area contributed by atoms with Gasteiger partial charge in [-0.05, 0) is 89.1 Å². The second kappa shape index (κ2) is 13.2. The molecule has 0 heterocycles. The van der Waals surface area contributed by atoms with Crippen LogP contribution in [0.5, 0.6) is 0 Å². The van der Waals surface area contributed by atoms with Gasteiger partial charge in [0.1, 0.15) is 17.7 Å². The van der Waals surface area contributed by atoms with E-state index >= 15 is 0 Å². The number of hydrogen-bond acceptors (Lipinski definition) is 4. The van der Waals surface area contributed by atoms with Crippen LogP contribution in [0, 0.1) is 20.8 Å². The average molecular weight is 570 g/mol. The van der Waals surface area contributed by atoms with Gasteiger partial charge >= 0.3 is 6.09 Å². The molecular formula is C35H43N3O4. The molecule has 0 spiro atoms. The minimum Gasteiger partial charge on any atom is -0.444 e. The minimum atomic E-state index is -0.929. The number of anilines is 1. The van der Waals surface area contributed by atoms with Crippen LogP contribution in [0.4, 0.5) is 10.5 Å². The second-order valence-corrected chi connectivity index (χ2v) is 12.3. The molecule has 42 heavy (non-hydrogen) atoms. The van der Waals surface area contributed by atoms with Gasteiger partial charge in [-0.2, -0.15) is 0 Å². The van der Waals surface area contributed by atoms with E-state index in [1.165, 1.54) is 0 Å². The number of para-hydroxylation sites is 1. The number of ether oxygens (including phenoxy) is 1. The molecule has 2 atom stereocenters. The highest BCUT2D eigenvalue weighted by molar-refractivity contribution is 5.99. The van der Waals surface area contributed by atoms with E-state index < -0.39 is 23.8 Å². The fourth-order valence-corrected chi connectivity index (χ4v) is 5.25. The Hall–Kier alpha value is -4.13. The van der Waals surface area contributed by atoms with Crippen molar-refractivity contribution in [1.29, 1.82) is 0 Å². The van der Waals surface area contributed by atoms with Gasteiger partial charge < -0.3 is 20.3 Å². The Morgan fingerprint density at radius 3 is 2.19 bits per heavy atom. The molecule has 1 aliphatic rings. The first-order chi connectivity index (χ1) is 19.9. The third-order valence-corrected chi connectivity index (χ3v) is 7.65. The molecule has 0 bridgehead atoms. The van der Waals surface area contributed by atoms with Crippen LogP contribution in [0.3, 0.4) is 0 Å². The van der Waals surface area contributed by atoms with E-state index in [2.05, 4.69) is 10.6 Å². The first-order valence-corrected chi connectivity index (χ1v) is 14.7. The van der Waals surface area contributed by atoms with Gasteiger partial charge in [0.15, 0.2) is 0 Å². The van der Waals surface area contributed by atoms with E-state index in [0.717, 1.165) is 47.1 Å². The molecule has 1 aliphatic carbocycles. The van der Waals surface area contributed by atoms with Crippen LogP contribution in [-0.4, -0.2) is 40.5 Å². The lowest BCUT2D eigenvalue weighted by molar-refractivity contribution is -0.145. The van der Waals surface area contributed by atoms with Crippen LogP contribution < -0.4 is 10.6 Å². The van der Waals surface area contributed by atoms with Crippen molar-refractivity contribution in [1.82, 2.24) is 10.2 Å². The van der Waals surface area contributed by atoms with Gasteiger partial charge in [0.2, 0.25) is 5.91 Å². The topological polar surface area (TPSA) is 87.7 Å². The first kappa shape index (κ1) is 30.8. The third-order valence-electron chi connectivity index (χ3n) is 7.65. The zero-order valence-electron chi connectivity index (χ0n) is 25.6. The Morgan fingerprint density at radius 1 is 0.905 bits per heavy atom. The molecule has 0 aromatic heterocycles. The molecule has 4 rings (SSSR count). The van der Waals surface area contributed by atoms with E-state index in [-0.39, 0.29) is 24.3 Å². The van der Waals surface area contributed by atoms with E-state index in [1.54, 1.807) is 25.7 Å². The summed E-state index contributed by atoms with van der Waals surface area (Å²) in [6.45, 7) is 11.2. The van der Waals surface area contributed by atoms with Gasteiger partial charge in [0.25, 0.3) is 5.91 Å². The van der Waals surface area contributed by atoms with Crippen LogP contribution in [0.2, 0.25) is 0 Å². The van der Waals surface area contributed by atoms with Gasteiger partial charge in [0, 0.05) is 18.2 Å². The second-order valence-electron chi connectivity index (χ2n) is 12.3. The molecule has 0 radical (unpaired) electrons. The number of aryl methyl sites for hydroxylation is 3. The van der Waals surface area contributed by atoms with E-state index in [1.807, 2.05) is 93.6 Å². The summed E-state index contributed by atoms with van der Waals surface area (Å²) in [5, 5.41) is 5.96. The maximum absolute atomic E-state index is 14.7. The highest BCUT2D eigenvalue weighted by atomic mass is 16.6. The van der Waals surface area contributed by atoms with Crippen molar-refractivity contribution in [2.24, 2.45) is 0 Å². The molecule has 1 fully saturated rings. The fourth-order valence-electron chi connectivity index (χ4n) is 5.25. The van der Waals surface area contributed by atoms with E-state index in [9.17, 15) is 14.4 Å². The smallest absolute Gasteiger partial charge is 0.408 e. The summed E-state index contributed by atoms with van der Waals surface area (Å²) >= 11 is 0. The van der Waals surface area contributed by atoms with Crippen LogP contribution in [-0.2, 0) is 20.7 Å². The van der Waals surface area contributed by atoms with Crippen LogP contribution in [0.25, 0.3) is 0 Å². The monoisotopic (exact) mass is 569 g/mol. The zero-order valence-corrected chi connectivity index (χ0v) is 25.6. The number of amides is 3. The predicted molar refractivity (Wildman–Crippen MR) is 166 cm³/mol. The van der Waals surface area contributed by atoms with Gasteiger partial charge in [-0.3, -0.25) is 9.59 Å². The summed E-state index contributed by atoms with van der Waals surface area (Å²) in [4.78, 5) is 43.7. The van der Waals surface area contributed by atoms with Crippen molar-refractivity contribution in [3.05, 3.63) is 101 Å². The standard InChI is InChI=1S/C35H43N3O4/c1-23-19-20-24(2)28(21-23)31(32(39)36-29-18-11-10-13-25(29)3)38(27-16-12-17-27)33(40)30(22-26-14-8-7-9-15-26)37-34(41)42-35(4,5)6/h7-11,13-15,18-21,27,30-31H,12,16-17,22H2,1-6H3,(H,36,39)(H,37,41). The Balaban J connectivity index is 1.78. The molecule has 3 amide bonds. The SMILES string of the molecule is Cc1ccc(C)c(C(C(=O)Nc2ccccc2C)N(C(=O)C(Cc2ccccc2)NC(=O)OC(C)(C)C)C2CCC2)c1. The quantitative estimate of drug-likeness (QED) is 0.296. The van der Waals surface area contributed by atoms with Crippen molar-refractivity contribution in [3.8, 4) is 0 Å². The maximum Gasteiger partial charge on any atom is 0.408 e. The number of benzene rings is 3. The van der Waals surface area contributed by atoms with E-state index in [0.29, 0.717) is 5.69 Å². The highest BCUT2D eigenvalue weighted by Crippen LogP contribution is 2.36. The molecule has 3 aromatic rings. The summed E-state index contributed by atoms with van der Waals surface area (Å²) in [5.41, 5.74) is 4.49. The van der Waals surface area contributed by atoms with Gasteiger partial charge in [-0.1, -0.05) is 72.3 Å². The molecular weight excluding hydrogens is 526 g/mol. The lowest BCUT2D eigenvalue weighted by Crippen LogP contribution is -2.57. The Morgan fingerprint density at radius 2 is 1.57 bits per heavy atom. The lowest BCUT2D eigenvalue weighted by atomic mass is 9.86. The lowest BCUT2D eigenvalue weighted by Gasteiger charge is -2.44. The van der Waals surface area contributed by atoms with Gasteiger partial charge in [0.05, 0.1) is 0 Å². The number of carbonyl (C=O) groups excluding carboxylic acids is 3. The summed E-state index contributed by atoms with van der Waals surface area (Å²) < 4.78 is 5.56. The molecule has 7 heteroatoms. The normalized spacial score (nSPS) is 14.7. The molecule has 1 saturated carbocycles. The Kier molecular flexibility index (Phi) is 9.71. The summed E-state index contributed by atoms with van der Waals surface area (Å²) in [6, 6.07) is 21.2. The third kappa shape index (κ3) is 7.78. The number of alkyl carbamates (subject to hydrolysis) is 1. The summed E-state index contributed by atoms with van der Waals surface area (Å²) in [6.07, 6.45) is 2.14. The molecule has 0 saturated heterocycles. The van der Waals surface area contributed by atoms with Crippen LogP contribution >= 0.6 is 0 Å². The Labute approximate surface area is 249 Å². The molecule has 2 unspecified atom stereocenters. The Bertz CT molecular complexity index is 1410. The zero-order chi connectivity index (χ0) is 30.4. The molecule has 0 aliphatic heterocycles. The van der Waals surface area contributed by atoms with Crippen molar-refractivity contribution < 1.29 is 19.1 Å². The molecule has 222 valence electrons. The molecule has 3 aromatic carbocycles. The number of carbonyl (C=O) groups is 3. The first-order valence-electron chi connectivity index (χ1n) is 14.7. The van der Waals surface area contributed by atoms with Gasteiger partial charge in [-0.25, -0.2) is 4.79 Å². The predicted octanol–water partition coefficient (Wildman–Crippen LogP) is 6.81. The number of hydrogen-bond donors (Lipinski definition) is 2. The highest BCUT2D eigenvalue weighted by Gasteiger charge is 2.42. The molecule has 2 N–H and O–H groups in total. The van der Waals surface area contributed by atoms with Gasteiger partial charge in [-0.15, -0.1) is 0 Å². The average Bonchev–Trinajstić information content (AvgIpc) is 2.89. The fraction of sp³-hybridized carbons (Fsp3) is 0.400. The van der Waals surface area contributed by atoms with Crippen LogP contribution in [0.1, 0.15) is 73.9 Å². The summed E-state index contributed by atoms with van der Waals surface area (Å²) in [7, 11) is 0. The van der Waals surface area contributed by atoms with Crippen molar-refractivity contribution in [2.75, 3.05) is 5.32 Å². The van der Waals surface area contributed by atoms with Crippen LogP contribution in [0.15, 0.2) is 72.8 Å². The van der Waals surface area contributed by atoms with Crippen molar-refractivity contribution in [3.63, 3.8) is 0 Å². The van der Waals surface area contributed by atoms with Crippen molar-refractivity contribution in [2.45, 2.75) is 91.0 Å². The molecule has 7 nitrogen and oxygen atoms in total. The van der Waals surface area contributed by atoms with Crippen molar-refractivity contribution >= 4 is 23.6 Å². The number of nitrogens with zero attached hydrogens (tertiary/aromatic N) is 1. The maximum atomic E-state index is 14.7. The minimum absolute atomic E-state index is 0.135. The largest absolute Gasteiger partial charge is 0.444 e. The van der Waals surface area contributed by atoms with E-state index in [4.69, 9.17) is 4.74 Å². The summed E-state index contributed by atoms with van der Waals surface area (Å²) in [5.74, 6) is -0.589. The number of nitrogens with one attached hydrogen (secondary N) is 2. The number of rotatable bonds is 9.